The van der Waals surface area contributed by atoms with Gasteiger partial charge in [0, 0.05) is 18.8 Å². The van der Waals surface area contributed by atoms with Crippen LogP contribution in [0.15, 0.2) is 12.2 Å². The van der Waals surface area contributed by atoms with E-state index in [1.807, 2.05) is 13.8 Å². The minimum Gasteiger partial charge on any atom is -0.463 e. The van der Waals surface area contributed by atoms with Crippen LogP contribution in [-0.2, 0) is 28.6 Å². The molecule has 8 heteroatoms. The normalized spacial score (nSPS) is 38.3. The zero-order valence-corrected chi connectivity index (χ0v) is 29.1. The van der Waals surface area contributed by atoms with E-state index in [-0.39, 0.29) is 59.7 Å². The number of hydrogen-bond acceptors (Lipinski definition) is 8. The van der Waals surface area contributed by atoms with Crippen molar-refractivity contribution in [3.05, 3.63) is 12.2 Å². The summed E-state index contributed by atoms with van der Waals surface area (Å²) in [6.07, 6.45) is 10.3. The lowest BCUT2D eigenvalue weighted by Gasteiger charge is -2.62. The number of aliphatic hydroxyl groups excluding tert-OH is 2. The van der Waals surface area contributed by atoms with Crippen LogP contribution in [0.1, 0.15) is 126 Å². The fourth-order valence-electron chi connectivity index (χ4n) is 9.74. The second-order valence-corrected chi connectivity index (χ2v) is 16.3. The number of carbonyl (C=O) groups excluding carboxylic acids is 3. The van der Waals surface area contributed by atoms with Crippen LogP contribution in [-0.4, -0.2) is 58.1 Å². The van der Waals surface area contributed by atoms with Crippen molar-refractivity contribution in [3.63, 3.8) is 0 Å². The molecule has 45 heavy (non-hydrogen) atoms. The number of esters is 3. The van der Waals surface area contributed by atoms with Gasteiger partial charge in [-0.3, -0.25) is 14.4 Å². The van der Waals surface area contributed by atoms with Crippen LogP contribution >= 0.6 is 0 Å². The first-order chi connectivity index (χ1) is 21.0. The standard InChI is InChI=1S/C37H60O8/c1-9-22(2)34(42)44-32-21-31-29(14-11-25-18-28(43-23(3)38)16-17-36(25,31)7)30-15-12-24(37(30,32)8)10-13-26(39)19-27(40)20-33(41)45-35(4,5)6/h10,13,22,24-32,39-40H,9,11-12,14-21H2,1-8H3/b13-10+/t22-,24?,25+,26-,27-,28+,29-,30-,31-,32-,36-,37+/m0/s1. The van der Waals surface area contributed by atoms with Gasteiger partial charge < -0.3 is 24.4 Å². The van der Waals surface area contributed by atoms with E-state index in [1.165, 1.54) is 6.92 Å². The van der Waals surface area contributed by atoms with Gasteiger partial charge >= 0.3 is 17.9 Å². The fraction of sp³-hybridized carbons (Fsp3) is 0.865. The average molecular weight is 633 g/mol. The Labute approximate surface area is 271 Å². The van der Waals surface area contributed by atoms with Gasteiger partial charge in [-0.15, -0.1) is 0 Å². The molecular weight excluding hydrogens is 572 g/mol. The molecule has 0 aliphatic heterocycles. The van der Waals surface area contributed by atoms with Gasteiger partial charge in [-0.1, -0.05) is 39.8 Å². The molecule has 8 nitrogen and oxygen atoms in total. The van der Waals surface area contributed by atoms with Crippen molar-refractivity contribution in [3.8, 4) is 0 Å². The van der Waals surface area contributed by atoms with Gasteiger partial charge in [0.15, 0.2) is 0 Å². The Morgan fingerprint density at radius 3 is 2.33 bits per heavy atom. The van der Waals surface area contributed by atoms with Crippen LogP contribution in [0.4, 0.5) is 0 Å². The minimum absolute atomic E-state index is 0.0000829. The molecule has 4 saturated carbocycles. The highest BCUT2D eigenvalue weighted by Crippen LogP contribution is 2.68. The van der Waals surface area contributed by atoms with E-state index < -0.39 is 23.8 Å². The molecule has 12 atom stereocenters. The largest absolute Gasteiger partial charge is 0.463 e. The Kier molecular flexibility index (Phi) is 11.2. The molecule has 256 valence electrons. The molecule has 4 fully saturated rings. The van der Waals surface area contributed by atoms with Gasteiger partial charge in [-0.25, -0.2) is 0 Å². The number of ether oxygens (including phenoxy) is 3. The average Bonchev–Trinajstić information content (AvgIpc) is 3.27. The summed E-state index contributed by atoms with van der Waals surface area (Å²) in [5.74, 6) is 1.03. The highest BCUT2D eigenvalue weighted by Gasteiger charge is 2.64. The number of hydrogen-bond donors (Lipinski definition) is 2. The van der Waals surface area contributed by atoms with Crippen LogP contribution in [0.25, 0.3) is 0 Å². The van der Waals surface area contributed by atoms with Crippen LogP contribution in [0.3, 0.4) is 0 Å². The van der Waals surface area contributed by atoms with E-state index in [1.54, 1.807) is 26.8 Å². The van der Waals surface area contributed by atoms with Gasteiger partial charge in [0.05, 0.1) is 24.5 Å². The molecule has 0 saturated heterocycles. The maximum absolute atomic E-state index is 13.3. The maximum atomic E-state index is 13.3. The Balaban J connectivity index is 1.52. The fourth-order valence-corrected chi connectivity index (χ4v) is 9.74. The Hall–Kier alpha value is -1.93. The quantitative estimate of drug-likeness (QED) is 0.158. The van der Waals surface area contributed by atoms with Crippen molar-refractivity contribution in [1.82, 2.24) is 0 Å². The summed E-state index contributed by atoms with van der Waals surface area (Å²) in [5.41, 5.74) is -0.762. The highest BCUT2D eigenvalue weighted by atomic mass is 16.6. The number of aliphatic hydroxyl groups is 2. The predicted octanol–water partition coefficient (Wildman–Crippen LogP) is 6.54. The van der Waals surface area contributed by atoms with Crippen LogP contribution in [0.2, 0.25) is 0 Å². The van der Waals surface area contributed by atoms with Gasteiger partial charge in [0.25, 0.3) is 0 Å². The summed E-state index contributed by atoms with van der Waals surface area (Å²) < 4.78 is 17.5. The second kappa shape index (κ2) is 14.0. The Morgan fingerprint density at radius 2 is 1.69 bits per heavy atom. The van der Waals surface area contributed by atoms with Crippen molar-refractivity contribution in [1.29, 1.82) is 0 Å². The molecule has 0 radical (unpaired) electrons. The highest BCUT2D eigenvalue weighted by molar-refractivity contribution is 5.72. The van der Waals surface area contributed by atoms with E-state index in [2.05, 4.69) is 19.9 Å². The summed E-state index contributed by atoms with van der Waals surface area (Å²) in [6, 6.07) is 0. The van der Waals surface area contributed by atoms with E-state index in [4.69, 9.17) is 14.2 Å². The van der Waals surface area contributed by atoms with Crippen molar-refractivity contribution in [2.75, 3.05) is 0 Å². The molecule has 4 aliphatic carbocycles. The van der Waals surface area contributed by atoms with Gasteiger partial charge in [0.2, 0.25) is 0 Å². The third-order valence-electron chi connectivity index (χ3n) is 12.3. The van der Waals surface area contributed by atoms with Crippen molar-refractivity contribution in [2.24, 2.45) is 46.3 Å². The molecule has 0 bridgehead atoms. The second-order valence-electron chi connectivity index (χ2n) is 16.3. The summed E-state index contributed by atoms with van der Waals surface area (Å²) in [5, 5.41) is 21.3. The molecular formula is C37H60O8. The monoisotopic (exact) mass is 632 g/mol. The molecule has 0 amide bonds. The molecule has 0 spiro atoms. The smallest absolute Gasteiger partial charge is 0.308 e. The zero-order valence-electron chi connectivity index (χ0n) is 29.1. The maximum Gasteiger partial charge on any atom is 0.308 e. The minimum atomic E-state index is -1.00. The Morgan fingerprint density at radius 1 is 0.978 bits per heavy atom. The molecule has 0 aromatic heterocycles. The zero-order chi connectivity index (χ0) is 33.3. The summed E-state index contributed by atoms with van der Waals surface area (Å²) in [6.45, 7) is 15.6. The molecule has 1 unspecified atom stereocenters. The van der Waals surface area contributed by atoms with Gasteiger partial charge in [0.1, 0.15) is 17.8 Å². The number of fused-ring (bicyclic) bond motifs is 5. The molecule has 4 aliphatic rings. The van der Waals surface area contributed by atoms with Gasteiger partial charge in [-0.2, -0.15) is 0 Å². The van der Waals surface area contributed by atoms with E-state index in [9.17, 15) is 24.6 Å². The SMILES string of the molecule is CC[C@H](C)C(=O)O[C@H]1C[C@H]2[C@@H](CC[C@@H]3C[C@H](OC(C)=O)CC[C@@]32C)[C@@H]2CCC(/C=C/[C@H](O)C[C@H](O)CC(=O)OC(C)(C)C)[C@@]12C. The molecule has 0 aromatic rings. The summed E-state index contributed by atoms with van der Waals surface area (Å²) in [7, 11) is 0. The first-order valence-corrected chi connectivity index (χ1v) is 17.6. The van der Waals surface area contributed by atoms with Crippen molar-refractivity contribution in [2.45, 2.75) is 156 Å². The van der Waals surface area contributed by atoms with Gasteiger partial charge in [-0.05, 0) is 114 Å². The molecule has 4 rings (SSSR count). The van der Waals surface area contributed by atoms with E-state index in [0.717, 1.165) is 57.8 Å². The lowest BCUT2D eigenvalue weighted by molar-refractivity contribution is -0.196. The summed E-state index contributed by atoms with van der Waals surface area (Å²) in [4.78, 5) is 37.2. The molecule has 0 aromatic carbocycles. The van der Waals surface area contributed by atoms with Crippen LogP contribution in [0, 0.1) is 46.3 Å². The van der Waals surface area contributed by atoms with E-state index in [0.29, 0.717) is 23.7 Å². The third kappa shape index (κ3) is 7.97. The Bertz CT molecular complexity index is 1090. The summed E-state index contributed by atoms with van der Waals surface area (Å²) >= 11 is 0. The topological polar surface area (TPSA) is 119 Å². The number of carbonyl (C=O) groups is 3. The predicted molar refractivity (Wildman–Crippen MR) is 172 cm³/mol. The van der Waals surface area contributed by atoms with E-state index >= 15 is 0 Å². The third-order valence-corrected chi connectivity index (χ3v) is 12.3. The number of rotatable bonds is 10. The molecule has 0 heterocycles. The lowest BCUT2D eigenvalue weighted by atomic mass is 9.44. The van der Waals surface area contributed by atoms with Crippen molar-refractivity contribution >= 4 is 17.9 Å². The lowest BCUT2D eigenvalue weighted by Crippen LogP contribution is -2.59. The number of allylic oxidation sites excluding steroid dienone is 1. The van der Waals surface area contributed by atoms with Crippen LogP contribution < -0.4 is 0 Å². The first-order valence-electron chi connectivity index (χ1n) is 17.6. The first kappa shape index (κ1) is 35.9. The molecule has 2 N–H and O–H groups in total. The van der Waals surface area contributed by atoms with Crippen LogP contribution in [0.5, 0.6) is 0 Å². The van der Waals surface area contributed by atoms with Crippen molar-refractivity contribution < 1.29 is 38.8 Å².